The number of fused-ring (bicyclic) bond motifs is 3. The summed E-state index contributed by atoms with van der Waals surface area (Å²) in [6.45, 7) is 1.63. The molecule has 1 heterocycles. The Labute approximate surface area is 106 Å². The summed E-state index contributed by atoms with van der Waals surface area (Å²) in [6.07, 6.45) is 0.511. The highest BCUT2D eigenvalue weighted by atomic mass is 16.1. The Kier molecular flexibility index (Phi) is 2.44. The minimum atomic E-state index is 0.202. The monoisotopic (exact) mass is 237 g/mol. The molecule has 0 saturated carbocycles. The zero-order valence-electron chi connectivity index (χ0n) is 10.6. The van der Waals surface area contributed by atoms with Gasteiger partial charge in [-0.25, -0.2) is 0 Å². The molecule has 0 fully saturated rings. The molecule has 0 saturated heterocycles. The van der Waals surface area contributed by atoms with Crippen LogP contribution in [0.3, 0.4) is 0 Å². The summed E-state index contributed by atoms with van der Waals surface area (Å²) < 4.78 is 2.19. The number of carbonyl (C=O) groups is 1. The van der Waals surface area contributed by atoms with Crippen molar-refractivity contribution < 1.29 is 4.79 Å². The van der Waals surface area contributed by atoms with Gasteiger partial charge in [-0.1, -0.05) is 30.3 Å². The molecule has 0 radical (unpaired) electrons. The lowest BCUT2D eigenvalue weighted by Crippen LogP contribution is -1.96. The molecule has 0 unspecified atom stereocenters. The van der Waals surface area contributed by atoms with Crippen molar-refractivity contribution >= 4 is 27.6 Å². The first kappa shape index (κ1) is 11.0. The van der Waals surface area contributed by atoms with E-state index >= 15 is 0 Å². The van der Waals surface area contributed by atoms with E-state index in [0.29, 0.717) is 6.42 Å². The van der Waals surface area contributed by atoms with Crippen LogP contribution in [0.2, 0.25) is 0 Å². The van der Waals surface area contributed by atoms with Crippen molar-refractivity contribution in [2.75, 3.05) is 0 Å². The van der Waals surface area contributed by atoms with Gasteiger partial charge in [0.1, 0.15) is 5.78 Å². The van der Waals surface area contributed by atoms with Gasteiger partial charge in [-0.3, -0.25) is 4.79 Å². The first-order chi connectivity index (χ1) is 8.66. The standard InChI is InChI=1S/C16H15NO/c1-11(18)9-12-7-8-14-13-5-3-4-6-15(13)17(2)16(14)10-12/h3-8,10H,9H2,1-2H3. The Morgan fingerprint density at radius 3 is 2.56 bits per heavy atom. The summed E-state index contributed by atoms with van der Waals surface area (Å²) >= 11 is 0. The maximum Gasteiger partial charge on any atom is 0.134 e. The van der Waals surface area contributed by atoms with E-state index in [9.17, 15) is 4.79 Å². The number of aromatic nitrogens is 1. The van der Waals surface area contributed by atoms with Crippen LogP contribution in [-0.2, 0) is 18.3 Å². The van der Waals surface area contributed by atoms with Gasteiger partial charge in [0.2, 0.25) is 0 Å². The van der Waals surface area contributed by atoms with Crippen molar-refractivity contribution in [1.29, 1.82) is 0 Å². The van der Waals surface area contributed by atoms with E-state index in [1.165, 1.54) is 21.8 Å². The van der Waals surface area contributed by atoms with Crippen LogP contribution < -0.4 is 0 Å². The molecular weight excluding hydrogens is 222 g/mol. The Hall–Kier alpha value is -2.09. The molecular formula is C16H15NO. The number of carbonyl (C=O) groups excluding carboxylic acids is 1. The molecule has 2 aromatic carbocycles. The minimum absolute atomic E-state index is 0.202. The first-order valence-electron chi connectivity index (χ1n) is 6.12. The predicted octanol–water partition coefficient (Wildman–Crippen LogP) is 3.46. The summed E-state index contributed by atoms with van der Waals surface area (Å²) in [5, 5.41) is 2.52. The number of Topliss-reactive ketones (excluding diaryl/α,β-unsaturated/α-hetero) is 1. The van der Waals surface area contributed by atoms with Crippen LogP contribution in [0, 0.1) is 0 Å². The highest BCUT2D eigenvalue weighted by molar-refractivity contribution is 6.08. The maximum absolute atomic E-state index is 11.2. The molecule has 18 heavy (non-hydrogen) atoms. The molecule has 0 aliphatic carbocycles. The lowest BCUT2D eigenvalue weighted by atomic mass is 10.1. The second-order valence-corrected chi connectivity index (χ2v) is 4.81. The average molecular weight is 237 g/mol. The van der Waals surface area contributed by atoms with Crippen molar-refractivity contribution in [3.8, 4) is 0 Å². The molecule has 0 spiro atoms. The van der Waals surface area contributed by atoms with Gasteiger partial charge < -0.3 is 4.57 Å². The number of aryl methyl sites for hydroxylation is 1. The molecule has 0 bridgehead atoms. The fourth-order valence-corrected chi connectivity index (χ4v) is 2.60. The third-order valence-electron chi connectivity index (χ3n) is 3.43. The number of hydrogen-bond donors (Lipinski definition) is 0. The van der Waals surface area contributed by atoms with E-state index in [-0.39, 0.29) is 5.78 Å². The van der Waals surface area contributed by atoms with E-state index in [1.807, 2.05) is 0 Å². The second kappa shape index (κ2) is 3.98. The quantitative estimate of drug-likeness (QED) is 0.669. The first-order valence-corrected chi connectivity index (χ1v) is 6.12. The SMILES string of the molecule is CC(=O)Cc1ccc2c3ccccc3n(C)c2c1. The Bertz CT molecular complexity index is 752. The van der Waals surface area contributed by atoms with Gasteiger partial charge in [-0.15, -0.1) is 0 Å². The molecule has 2 heteroatoms. The van der Waals surface area contributed by atoms with Crippen molar-refractivity contribution in [2.45, 2.75) is 13.3 Å². The maximum atomic E-state index is 11.2. The van der Waals surface area contributed by atoms with Crippen LogP contribution in [0.5, 0.6) is 0 Å². The second-order valence-electron chi connectivity index (χ2n) is 4.81. The lowest BCUT2D eigenvalue weighted by Gasteiger charge is -2.01. The Balaban J connectivity index is 2.31. The zero-order valence-corrected chi connectivity index (χ0v) is 10.6. The van der Waals surface area contributed by atoms with E-state index in [0.717, 1.165) is 5.56 Å². The lowest BCUT2D eigenvalue weighted by molar-refractivity contribution is -0.116. The van der Waals surface area contributed by atoms with Gasteiger partial charge in [0, 0.05) is 35.3 Å². The van der Waals surface area contributed by atoms with E-state index in [1.54, 1.807) is 6.92 Å². The molecule has 2 nitrogen and oxygen atoms in total. The minimum Gasteiger partial charge on any atom is -0.344 e. The largest absolute Gasteiger partial charge is 0.344 e. The topological polar surface area (TPSA) is 22.0 Å². The molecule has 0 amide bonds. The van der Waals surface area contributed by atoms with Crippen molar-refractivity contribution in [2.24, 2.45) is 7.05 Å². The highest BCUT2D eigenvalue weighted by Crippen LogP contribution is 2.28. The number of para-hydroxylation sites is 1. The molecule has 3 rings (SSSR count). The van der Waals surface area contributed by atoms with Gasteiger partial charge >= 0.3 is 0 Å². The van der Waals surface area contributed by atoms with E-state index < -0.39 is 0 Å². The molecule has 0 aliphatic rings. The van der Waals surface area contributed by atoms with Gasteiger partial charge in [-0.05, 0) is 24.6 Å². The van der Waals surface area contributed by atoms with Crippen molar-refractivity contribution in [3.63, 3.8) is 0 Å². The van der Waals surface area contributed by atoms with E-state index in [4.69, 9.17) is 0 Å². The van der Waals surface area contributed by atoms with Gasteiger partial charge in [0.25, 0.3) is 0 Å². The molecule has 3 aromatic rings. The average Bonchev–Trinajstić information content (AvgIpc) is 2.63. The number of hydrogen-bond acceptors (Lipinski definition) is 1. The molecule has 0 N–H and O–H groups in total. The molecule has 90 valence electrons. The van der Waals surface area contributed by atoms with Gasteiger partial charge in [0.15, 0.2) is 0 Å². The Morgan fingerprint density at radius 1 is 1.06 bits per heavy atom. The van der Waals surface area contributed by atoms with Crippen LogP contribution in [0.1, 0.15) is 12.5 Å². The zero-order chi connectivity index (χ0) is 12.7. The Morgan fingerprint density at radius 2 is 1.78 bits per heavy atom. The summed E-state index contributed by atoms with van der Waals surface area (Å²) in [5.74, 6) is 0.202. The molecule has 0 atom stereocenters. The molecule has 0 aliphatic heterocycles. The van der Waals surface area contributed by atoms with Crippen LogP contribution in [0.25, 0.3) is 21.8 Å². The normalized spacial score (nSPS) is 11.2. The van der Waals surface area contributed by atoms with Crippen LogP contribution in [0.4, 0.5) is 0 Å². The van der Waals surface area contributed by atoms with Crippen LogP contribution in [-0.4, -0.2) is 10.4 Å². The summed E-state index contributed by atoms with van der Waals surface area (Å²) in [6, 6.07) is 14.7. The van der Waals surface area contributed by atoms with Crippen molar-refractivity contribution in [1.82, 2.24) is 4.57 Å². The highest BCUT2D eigenvalue weighted by Gasteiger charge is 2.08. The predicted molar refractivity (Wildman–Crippen MR) is 74.8 cm³/mol. The van der Waals surface area contributed by atoms with Crippen molar-refractivity contribution in [3.05, 3.63) is 48.0 Å². The smallest absolute Gasteiger partial charge is 0.134 e. The van der Waals surface area contributed by atoms with Crippen LogP contribution in [0.15, 0.2) is 42.5 Å². The third kappa shape index (κ3) is 1.61. The molecule has 1 aromatic heterocycles. The third-order valence-corrected chi connectivity index (χ3v) is 3.43. The van der Waals surface area contributed by atoms with Gasteiger partial charge in [-0.2, -0.15) is 0 Å². The van der Waals surface area contributed by atoms with Crippen LogP contribution >= 0.6 is 0 Å². The fourth-order valence-electron chi connectivity index (χ4n) is 2.60. The number of rotatable bonds is 2. The van der Waals surface area contributed by atoms with E-state index in [2.05, 4.69) is 54.1 Å². The summed E-state index contributed by atoms with van der Waals surface area (Å²) in [7, 11) is 2.07. The summed E-state index contributed by atoms with van der Waals surface area (Å²) in [5.41, 5.74) is 3.50. The summed E-state index contributed by atoms with van der Waals surface area (Å²) in [4.78, 5) is 11.2. The number of ketones is 1. The number of benzene rings is 2. The number of nitrogens with zero attached hydrogens (tertiary/aromatic N) is 1. The fraction of sp³-hybridized carbons (Fsp3) is 0.188. The van der Waals surface area contributed by atoms with Gasteiger partial charge in [0.05, 0.1) is 0 Å².